The molecule has 38 heavy (non-hydrogen) atoms. The molecule has 2 atom stereocenters. The number of aliphatic hydroxyl groups excluding tert-OH is 1. The summed E-state index contributed by atoms with van der Waals surface area (Å²) < 4.78 is 6.26. The summed E-state index contributed by atoms with van der Waals surface area (Å²) in [7, 11) is 1.59. The van der Waals surface area contributed by atoms with Gasteiger partial charge in [0.2, 0.25) is 0 Å². The van der Waals surface area contributed by atoms with Crippen LogP contribution in [0.1, 0.15) is 69.9 Å². The summed E-state index contributed by atoms with van der Waals surface area (Å²) in [4.78, 5) is 32.5. The molecule has 0 saturated heterocycles. The zero-order chi connectivity index (χ0) is 27.1. The number of ether oxygens (including phenoxy) is 1. The molecule has 0 bridgehead atoms. The molecular weight excluding hydrogens is 480 g/mol. The average Bonchev–Trinajstić information content (AvgIpc) is 2.90. The van der Waals surface area contributed by atoms with Crippen LogP contribution in [0, 0.1) is 0 Å². The number of carbonyl (C=O) groups is 2. The molecule has 1 saturated carbocycles. The van der Waals surface area contributed by atoms with Gasteiger partial charge in [-0.25, -0.2) is 0 Å². The fraction of sp³-hybridized carbons (Fsp3) is 0.567. The SMILES string of the molecule is CN=C/C(=C\C1=C(C)OC2(CCCCCCC2)C(=O)N1)C(=O)NC[C@@H](O)[C@@H](C)N1CCc2ccccc2C1. The predicted molar refractivity (Wildman–Crippen MR) is 149 cm³/mol. The first-order valence-corrected chi connectivity index (χ1v) is 14.0. The highest BCUT2D eigenvalue weighted by Crippen LogP contribution is 2.35. The Balaban J connectivity index is 1.39. The van der Waals surface area contributed by atoms with Gasteiger partial charge in [0.05, 0.1) is 17.4 Å². The zero-order valence-corrected chi connectivity index (χ0v) is 23.0. The maximum atomic E-state index is 13.1. The lowest BCUT2D eigenvalue weighted by Gasteiger charge is -2.38. The Bertz CT molecular complexity index is 1100. The van der Waals surface area contributed by atoms with Crippen LogP contribution in [-0.4, -0.2) is 65.9 Å². The van der Waals surface area contributed by atoms with Gasteiger partial charge in [-0.15, -0.1) is 0 Å². The second-order valence-electron chi connectivity index (χ2n) is 10.8. The van der Waals surface area contributed by atoms with Gasteiger partial charge in [0.1, 0.15) is 5.76 Å². The van der Waals surface area contributed by atoms with Crippen LogP contribution < -0.4 is 10.6 Å². The minimum atomic E-state index is -0.821. The Labute approximate surface area is 226 Å². The zero-order valence-electron chi connectivity index (χ0n) is 23.0. The fourth-order valence-electron chi connectivity index (χ4n) is 5.70. The Morgan fingerprint density at radius 2 is 1.89 bits per heavy atom. The molecule has 0 aromatic heterocycles. The van der Waals surface area contributed by atoms with E-state index in [0.29, 0.717) is 24.3 Å². The van der Waals surface area contributed by atoms with E-state index in [1.165, 1.54) is 23.8 Å². The molecule has 0 radical (unpaired) electrons. The molecule has 1 spiro atoms. The monoisotopic (exact) mass is 522 g/mol. The third kappa shape index (κ3) is 6.53. The van der Waals surface area contributed by atoms with Crippen molar-refractivity contribution < 1.29 is 19.4 Å². The first-order chi connectivity index (χ1) is 18.3. The van der Waals surface area contributed by atoms with Gasteiger partial charge in [-0.2, -0.15) is 0 Å². The number of amides is 2. The summed E-state index contributed by atoms with van der Waals surface area (Å²) in [6, 6.07) is 8.28. The van der Waals surface area contributed by atoms with Gasteiger partial charge < -0.3 is 20.5 Å². The highest BCUT2D eigenvalue weighted by molar-refractivity contribution is 6.12. The van der Waals surface area contributed by atoms with E-state index in [1.54, 1.807) is 13.1 Å². The Morgan fingerprint density at radius 1 is 1.21 bits per heavy atom. The number of benzene rings is 1. The summed E-state index contributed by atoms with van der Waals surface area (Å²) in [5.41, 5.74) is 2.57. The molecule has 1 aromatic carbocycles. The minimum Gasteiger partial charge on any atom is -0.480 e. The van der Waals surface area contributed by atoms with Crippen LogP contribution in [0.3, 0.4) is 0 Å². The topological polar surface area (TPSA) is 103 Å². The smallest absolute Gasteiger partial charge is 0.268 e. The van der Waals surface area contributed by atoms with Crippen molar-refractivity contribution in [1.82, 2.24) is 15.5 Å². The van der Waals surface area contributed by atoms with E-state index in [9.17, 15) is 14.7 Å². The Morgan fingerprint density at radius 3 is 2.61 bits per heavy atom. The number of carbonyl (C=O) groups excluding carboxylic acids is 2. The van der Waals surface area contributed by atoms with Crippen LogP contribution in [0.2, 0.25) is 0 Å². The van der Waals surface area contributed by atoms with Crippen molar-refractivity contribution >= 4 is 18.0 Å². The van der Waals surface area contributed by atoms with Gasteiger partial charge in [-0.05, 0) is 63.2 Å². The lowest BCUT2D eigenvalue weighted by Crippen LogP contribution is -2.52. The van der Waals surface area contributed by atoms with Gasteiger partial charge >= 0.3 is 0 Å². The first kappa shape index (κ1) is 28.0. The van der Waals surface area contributed by atoms with Crippen molar-refractivity contribution in [2.24, 2.45) is 4.99 Å². The van der Waals surface area contributed by atoms with Gasteiger partial charge in [-0.1, -0.05) is 43.5 Å². The molecule has 2 aliphatic heterocycles. The highest BCUT2D eigenvalue weighted by Gasteiger charge is 2.43. The van der Waals surface area contributed by atoms with Crippen LogP contribution in [-0.2, 0) is 27.3 Å². The molecule has 2 amide bonds. The van der Waals surface area contributed by atoms with Crippen LogP contribution in [0.4, 0.5) is 0 Å². The number of allylic oxidation sites excluding steroid dienone is 2. The molecule has 3 N–H and O–H groups in total. The number of nitrogens with zero attached hydrogens (tertiary/aromatic N) is 2. The van der Waals surface area contributed by atoms with Crippen LogP contribution in [0.15, 0.2) is 52.4 Å². The molecule has 2 heterocycles. The number of nitrogens with one attached hydrogen (secondary N) is 2. The number of hydrogen-bond acceptors (Lipinski definition) is 6. The van der Waals surface area contributed by atoms with Crippen molar-refractivity contribution in [3.8, 4) is 0 Å². The molecule has 4 rings (SSSR count). The van der Waals surface area contributed by atoms with Crippen LogP contribution in [0.5, 0.6) is 0 Å². The molecule has 206 valence electrons. The standard InChI is InChI=1S/C30H42N4O4/c1-21(34-16-13-23-11-7-8-12-24(23)20-34)27(35)19-32-28(36)25(18-31-3)17-26-22(2)38-30(29(37)33-26)14-9-5-4-6-10-15-30/h7-8,11-12,17-18,21,27,35H,4-6,9-10,13-16,19-20H2,1-3H3,(H,32,36)(H,33,37)/b25-17+,31-18?/t21-,27-/m1/s1. The third-order valence-corrected chi connectivity index (χ3v) is 8.15. The molecular formula is C30H42N4O4. The van der Waals surface area contributed by atoms with Gasteiger partial charge in [0.25, 0.3) is 11.8 Å². The van der Waals surface area contributed by atoms with E-state index in [0.717, 1.165) is 45.2 Å². The van der Waals surface area contributed by atoms with E-state index in [4.69, 9.17) is 4.74 Å². The largest absolute Gasteiger partial charge is 0.480 e. The summed E-state index contributed by atoms with van der Waals surface area (Å²) in [6.45, 7) is 5.57. The second-order valence-corrected chi connectivity index (χ2v) is 10.8. The number of rotatable bonds is 7. The summed E-state index contributed by atoms with van der Waals surface area (Å²) >= 11 is 0. The molecule has 1 aromatic rings. The average molecular weight is 523 g/mol. The van der Waals surface area contributed by atoms with Crippen LogP contribution in [0.25, 0.3) is 0 Å². The van der Waals surface area contributed by atoms with Crippen molar-refractivity contribution in [3.05, 3.63) is 58.5 Å². The lowest BCUT2D eigenvalue weighted by molar-refractivity contribution is -0.147. The van der Waals surface area contributed by atoms with Crippen molar-refractivity contribution in [2.45, 2.75) is 89.5 Å². The van der Waals surface area contributed by atoms with E-state index >= 15 is 0 Å². The molecule has 8 heteroatoms. The minimum absolute atomic E-state index is 0.108. The maximum absolute atomic E-state index is 13.1. The van der Waals surface area contributed by atoms with Gasteiger partial charge in [-0.3, -0.25) is 19.5 Å². The maximum Gasteiger partial charge on any atom is 0.268 e. The second kappa shape index (κ2) is 12.7. The normalized spacial score (nSPS) is 22.2. The van der Waals surface area contributed by atoms with Crippen molar-refractivity contribution in [3.63, 3.8) is 0 Å². The lowest BCUT2D eigenvalue weighted by atomic mass is 9.85. The van der Waals surface area contributed by atoms with Crippen molar-refractivity contribution in [2.75, 3.05) is 20.1 Å². The summed E-state index contributed by atoms with van der Waals surface area (Å²) in [5.74, 6) is 0.0856. The Hall–Kier alpha value is -2.97. The number of aliphatic imine (C=N–C) groups is 1. The molecule has 1 aliphatic carbocycles. The number of fused-ring (bicyclic) bond motifs is 1. The molecule has 0 unspecified atom stereocenters. The molecule has 8 nitrogen and oxygen atoms in total. The number of aliphatic hydroxyl groups is 1. The highest BCUT2D eigenvalue weighted by atomic mass is 16.5. The summed E-state index contributed by atoms with van der Waals surface area (Å²) in [6.07, 6.45) is 10.0. The van der Waals surface area contributed by atoms with Crippen LogP contribution >= 0.6 is 0 Å². The molecule has 1 fully saturated rings. The van der Waals surface area contributed by atoms with E-state index < -0.39 is 11.7 Å². The quantitative estimate of drug-likeness (QED) is 0.376. The predicted octanol–water partition coefficient (Wildman–Crippen LogP) is 3.40. The van der Waals surface area contributed by atoms with E-state index in [1.807, 2.05) is 19.9 Å². The van der Waals surface area contributed by atoms with Gasteiger partial charge in [0, 0.05) is 38.9 Å². The third-order valence-electron chi connectivity index (χ3n) is 8.15. The van der Waals surface area contributed by atoms with E-state index in [-0.39, 0.29) is 30.0 Å². The number of hydrogen-bond donors (Lipinski definition) is 3. The van der Waals surface area contributed by atoms with Crippen molar-refractivity contribution in [1.29, 1.82) is 0 Å². The first-order valence-electron chi connectivity index (χ1n) is 14.0. The van der Waals surface area contributed by atoms with Gasteiger partial charge in [0.15, 0.2) is 5.60 Å². The molecule has 3 aliphatic rings. The fourth-order valence-corrected chi connectivity index (χ4v) is 5.70. The summed E-state index contributed by atoms with van der Waals surface area (Å²) in [5, 5.41) is 16.7. The Kier molecular flexibility index (Phi) is 9.39. The van der Waals surface area contributed by atoms with E-state index in [2.05, 4.69) is 38.7 Å².